The normalized spacial score (nSPS) is 10.2. The van der Waals surface area contributed by atoms with Gasteiger partial charge in [0.25, 0.3) is 5.91 Å². The van der Waals surface area contributed by atoms with Crippen molar-refractivity contribution in [2.24, 2.45) is 0 Å². The van der Waals surface area contributed by atoms with Crippen LogP contribution in [0.25, 0.3) is 0 Å². The van der Waals surface area contributed by atoms with Crippen molar-refractivity contribution < 1.29 is 23.7 Å². The smallest absolute Gasteiger partial charge is 0.255 e. The van der Waals surface area contributed by atoms with Crippen molar-refractivity contribution in [2.75, 3.05) is 40.2 Å². The van der Waals surface area contributed by atoms with E-state index in [0.29, 0.717) is 58.8 Å². The van der Waals surface area contributed by atoms with Crippen molar-refractivity contribution in [2.45, 2.75) is 6.42 Å². The van der Waals surface area contributed by atoms with Gasteiger partial charge in [0.05, 0.1) is 44.2 Å². The minimum Gasteiger partial charge on any atom is -0.496 e. The number of nitrogen functional groups attached to an aromatic ring is 1. The fourth-order valence-corrected chi connectivity index (χ4v) is 2.50. The number of amides is 1. The molecule has 0 saturated heterocycles. The first-order valence-corrected chi connectivity index (χ1v) is 8.63. The van der Waals surface area contributed by atoms with Gasteiger partial charge in [0.1, 0.15) is 23.0 Å². The number of carbonyl (C=O) groups excluding carboxylic acids is 1. The van der Waals surface area contributed by atoms with E-state index in [2.05, 4.69) is 5.32 Å². The third kappa shape index (κ3) is 5.59. The number of benzene rings is 2. The molecule has 2 aromatic rings. The second kappa shape index (κ2) is 9.78. The first-order valence-electron chi connectivity index (χ1n) is 8.25. The number of nitrogens with two attached hydrogens (primary N) is 1. The standard InChI is InChI=1S/C19H23ClN2O5/c1-24-12-7-13(25-2)9-14(8-12)27-6-4-5-22-19(23)15-10-16(20)17(21)11-18(15)26-3/h7-11H,4-6,21H2,1-3H3,(H,22,23). The van der Waals surface area contributed by atoms with Crippen LogP contribution in [0.3, 0.4) is 0 Å². The summed E-state index contributed by atoms with van der Waals surface area (Å²) < 4.78 is 21.3. The number of carbonyl (C=O) groups is 1. The summed E-state index contributed by atoms with van der Waals surface area (Å²) in [5, 5.41) is 3.11. The average Bonchev–Trinajstić information content (AvgIpc) is 2.68. The summed E-state index contributed by atoms with van der Waals surface area (Å²) in [7, 11) is 4.62. The van der Waals surface area contributed by atoms with Crippen LogP contribution in [0.5, 0.6) is 23.0 Å². The van der Waals surface area contributed by atoms with E-state index < -0.39 is 0 Å². The predicted molar refractivity (Wildman–Crippen MR) is 104 cm³/mol. The zero-order valence-electron chi connectivity index (χ0n) is 15.5. The van der Waals surface area contributed by atoms with Crippen molar-refractivity contribution in [1.82, 2.24) is 5.32 Å². The molecule has 1 amide bonds. The molecule has 0 radical (unpaired) electrons. The molecular weight excluding hydrogens is 372 g/mol. The van der Waals surface area contributed by atoms with Gasteiger partial charge in [-0.3, -0.25) is 4.79 Å². The number of hydrogen-bond acceptors (Lipinski definition) is 6. The Morgan fingerprint density at radius 1 is 1.00 bits per heavy atom. The molecule has 0 fully saturated rings. The van der Waals surface area contributed by atoms with E-state index in [9.17, 15) is 4.79 Å². The van der Waals surface area contributed by atoms with E-state index in [1.807, 2.05) is 0 Å². The van der Waals surface area contributed by atoms with Gasteiger partial charge >= 0.3 is 0 Å². The lowest BCUT2D eigenvalue weighted by atomic mass is 10.1. The maximum atomic E-state index is 12.3. The Morgan fingerprint density at radius 2 is 1.63 bits per heavy atom. The minimum atomic E-state index is -0.295. The largest absolute Gasteiger partial charge is 0.496 e. The highest BCUT2D eigenvalue weighted by molar-refractivity contribution is 6.33. The van der Waals surface area contributed by atoms with Crippen LogP contribution in [-0.4, -0.2) is 40.4 Å². The molecule has 146 valence electrons. The van der Waals surface area contributed by atoms with Gasteiger partial charge in [-0.2, -0.15) is 0 Å². The molecule has 0 bridgehead atoms. The lowest BCUT2D eigenvalue weighted by molar-refractivity contribution is 0.0948. The lowest BCUT2D eigenvalue weighted by Gasteiger charge is -2.12. The molecule has 0 aliphatic carbocycles. The number of ether oxygens (including phenoxy) is 4. The molecule has 0 atom stereocenters. The second-order valence-corrected chi connectivity index (χ2v) is 5.99. The van der Waals surface area contributed by atoms with E-state index in [1.54, 1.807) is 32.4 Å². The van der Waals surface area contributed by atoms with Crippen LogP contribution in [0.15, 0.2) is 30.3 Å². The van der Waals surface area contributed by atoms with Crippen LogP contribution < -0.4 is 30.0 Å². The predicted octanol–water partition coefficient (Wildman–Crippen LogP) is 3.15. The molecule has 0 heterocycles. The number of hydrogen-bond donors (Lipinski definition) is 2. The Bertz CT molecular complexity index is 776. The first kappa shape index (κ1) is 20.5. The van der Waals surface area contributed by atoms with Crippen molar-refractivity contribution in [1.29, 1.82) is 0 Å². The van der Waals surface area contributed by atoms with Crippen molar-refractivity contribution in [3.8, 4) is 23.0 Å². The third-order valence-corrected chi connectivity index (χ3v) is 4.09. The summed E-state index contributed by atoms with van der Waals surface area (Å²) in [4.78, 5) is 12.3. The zero-order valence-corrected chi connectivity index (χ0v) is 16.3. The van der Waals surface area contributed by atoms with Gasteiger partial charge in [-0.05, 0) is 12.5 Å². The first-order chi connectivity index (χ1) is 13.0. The summed E-state index contributed by atoms with van der Waals surface area (Å²) in [5.41, 5.74) is 6.41. The Hall–Kier alpha value is -2.80. The fourth-order valence-electron chi connectivity index (χ4n) is 2.34. The topological polar surface area (TPSA) is 92.0 Å². The summed E-state index contributed by atoms with van der Waals surface area (Å²) in [6.45, 7) is 0.835. The maximum absolute atomic E-state index is 12.3. The molecule has 0 unspecified atom stereocenters. The van der Waals surface area contributed by atoms with E-state index >= 15 is 0 Å². The summed E-state index contributed by atoms with van der Waals surface area (Å²) in [5.74, 6) is 1.99. The Kier molecular flexibility index (Phi) is 7.43. The van der Waals surface area contributed by atoms with Gasteiger partial charge in [-0.25, -0.2) is 0 Å². The van der Waals surface area contributed by atoms with E-state index in [-0.39, 0.29) is 5.91 Å². The number of halogens is 1. The Morgan fingerprint density at radius 3 is 2.22 bits per heavy atom. The minimum absolute atomic E-state index is 0.295. The van der Waals surface area contributed by atoms with Gasteiger partial charge in [0, 0.05) is 30.8 Å². The van der Waals surface area contributed by atoms with Crippen LogP contribution in [0.4, 0.5) is 5.69 Å². The highest BCUT2D eigenvalue weighted by Gasteiger charge is 2.14. The van der Waals surface area contributed by atoms with Crippen LogP contribution in [0.2, 0.25) is 5.02 Å². The molecular formula is C19H23ClN2O5. The Balaban J connectivity index is 1.85. The van der Waals surface area contributed by atoms with E-state index in [1.165, 1.54) is 19.2 Å². The fraction of sp³-hybridized carbons (Fsp3) is 0.316. The molecule has 0 spiro atoms. The number of anilines is 1. The van der Waals surface area contributed by atoms with Gasteiger partial charge in [-0.1, -0.05) is 11.6 Å². The lowest BCUT2D eigenvalue weighted by Crippen LogP contribution is -2.26. The van der Waals surface area contributed by atoms with E-state index in [4.69, 9.17) is 36.3 Å². The van der Waals surface area contributed by atoms with Crippen molar-refractivity contribution in [3.63, 3.8) is 0 Å². The highest BCUT2D eigenvalue weighted by Crippen LogP contribution is 2.29. The monoisotopic (exact) mass is 394 g/mol. The molecule has 7 nitrogen and oxygen atoms in total. The van der Waals surface area contributed by atoms with Crippen LogP contribution >= 0.6 is 11.6 Å². The molecule has 0 aromatic heterocycles. The molecule has 0 aliphatic rings. The van der Waals surface area contributed by atoms with E-state index in [0.717, 1.165) is 0 Å². The average molecular weight is 395 g/mol. The molecule has 0 saturated carbocycles. The molecule has 27 heavy (non-hydrogen) atoms. The number of rotatable bonds is 9. The van der Waals surface area contributed by atoms with Crippen LogP contribution in [-0.2, 0) is 0 Å². The molecule has 3 N–H and O–H groups in total. The van der Waals surface area contributed by atoms with Gasteiger partial charge in [-0.15, -0.1) is 0 Å². The van der Waals surface area contributed by atoms with Gasteiger partial charge in [0.2, 0.25) is 0 Å². The van der Waals surface area contributed by atoms with Gasteiger partial charge in [0.15, 0.2) is 0 Å². The molecule has 2 aromatic carbocycles. The summed E-state index contributed by atoms with van der Waals surface area (Å²) in [6.07, 6.45) is 0.607. The molecule has 0 aliphatic heterocycles. The van der Waals surface area contributed by atoms with Crippen molar-refractivity contribution >= 4 is 23.2 Å². The highest BCUT2D eigenvalue weighted by atomic mass is 35.5. The SMILES string of the molecule is COc1cc(OC)cc(OCCCNC(=O)c2cc(Cl)c(N)cc2OC)c1. The molecule has 8 heteroatoms. The van der Waals surface area contributed by atoms with Crippen LogP contribution in [0.1, 0.15) is 16.8 Å². The number of methoxy groups -OCH3 is 3. The summed E-state index contributed by atoms with van der Waals surface area (Å²) in [6, 6.07) is 8.31. The second-order valence-electron chi connectivity index (χ2n) is 5.58. The zero-order chi connectivity index (χ0) is 19.8. The molecule has 2 rings (SSSR count). The maximum Gasteiger partial charge on any atom is 0.255 e. The van der Waals surface area contributed by atoms with Crippen LogP contribution in [0, 0.1) is 0 Å². The third-order valence-electron chi connectivity index (χ3n) is 3.76. The van der Waals surface area contributed by atoms with Crippen molar-refractivity contribution in [3.05, 3.63) is 40.9 Å². The summed E-state index contributed by atoms with van der Waals surface area (Å²) >= 11 is 5.99. The number of nitrogens with one attached hydrogen (secondary N) is 1. The van der Waals surface area contributed by atoms with Gasteiger partial charge < -0.3 is 30.0 Å². The Labute approximate surface area is 163 Å². The quantitative estimate of drug-likeness (QED) is 0.501.